The Labute approximate surface area is 143 Å². The first-order valence-electron chi connectivity index (χ1n) is 6.67. The van der Waals surface area contributed by atoms with Gasteiger partial charge in [-0.3, -0.25) is 9.69 Å². The Kier molecular flexibility index (Phi) is 10.9. The molecular weight excluding hydrogens is 329 g/mol. The molecular formula is C14H23Cl2N3OS. The van der Waals surface area contributed by atoms with Crippen molar-refractivity contribution in [1.29, 1.82) is 0 Å². The van der Waals surface area contributed by atoms with E-state index in [9.17, 15) is 4.79 Å². The van der Waals surface area contributed by atoms with Gasteiger partial charge in [0, 0.05) is 49.8 Å². The van der Waals surface area contributed by atoms with E-state index in [0.29, 0.717) is 13.0 Å². The molecule has 0 atom stereocenters. The molecule has 0 saturated carbocycles. The van der Waals surface area contributed by atoms with Crippen molar-refractivity contribution in [3.05, 3.63) is 29.8 Å². The number of para-hydroxylation sites is 1. The minimum atomic E-state index is -0.0100. The van der Waals surface area contributed by atoms with Crippen LogP contribution in [-0.4, -0.2) is 41.9 Å². The van der Waals surface area contributed by atoms with Gasteiger partial charge in [-0.2, -0.15) is 11.8 Å². The Balaban J connectivity index is 0.00000200. The number of hydrogen-bond donors (Lipinski definition) is 2. The first-order chi connectivity index (χ1) is 9.29. The van der Waals surface area contributed by atoms with Crippen LogP contribution in [0.2, 0.25) is 0 Å². The van der Waals surface area contributed by atoms with Crippen LogP contribution < -0.4 is 11.1 Å². The molecule has 0 aliphatic carbocycles. The highest BCUT2D eigenvalue weighted by Crippen LogP contribution is 2.19. The van der Waals surface area contributed by atoms with E-state index in [1.807, 2.05) is 30.0 Å². The first-order valence-corrected chi connectivity index (χ1v) is 7.83. The van der Waals surface area contributed by atoms with Crippen molar-refractivity contribution in [2.45, 2.75) is 13.0 Å². The van der Waals surface area contributed by atoms with Crippen molar-refractivity contribution in [3.8, 4) is 0 Å². The number of rotatable bonds is 5. The van der Waals surface area contributed by atoms with Crippen LogP contribution in [0.15, 0.2) is 24.3 Å². The molecule has 0 unspecified atom stereocenters. The second kappa shape index (κ2) is 11.2. The third-order valence-electron chi connectivity index (χ3n) is 3.16. The number of thioether (sulfide) groups is 1. The molecule has 1 aliphatic rings. The fraction of sp³-hybridized carbons (Fsp3) is 0.500. The standard InChI is InChI=1S/C14H21N3OS.2ClH/c15-6-5-14(18)16-13-4-2-1-3-12(13)11-17-7-9-19-10-8-17;;/h1-4H,5-11,15H2,(H,16,18);2*1H. The number of benzene rings is 1. The quantitative estimate of drug-likeness (QED) is 0.854. The molecule has 1 fully saturated rings. The third-order valence-corrected chi connectivity index (χ3v) is 4.10. The Morgan fingerprint density at radius 1 is 1.24 bits per heavy atom. The lowest BCUT2D eigenvalue weighted by Crippen LogP contribution is -2.32. The maximum absolute atomic E-state index is 11.6. The van der Waals surface area contributed by atoms with Crippen LogP contribution in [0.3, 0.4) is 0 Å². The molecule has 1 heterocycles. The average molecular weight is 352 g/mol. The molecule has 1 aromatic rings. The molecule has 0 spiro atoms. The molecule has 0 bridgehead atoms. The van der Waals surface area contributed by atoms with Crippen molar-refractivity contribution in [2.75, 3.05) is 36.5 Å². The topological polar surface area (TPSA) is 58.4 Å². The Morgan fingerprint density at radius 2 is 1.90 bits per heavy atom. The maximum Gasteiger partial charge on any atom is 0.225 e. The Morgan fingerprint density at radius 3 is 2.57 bits per heavy atom. The number of carbonyl (C=O) groups excluding carboxylic acids is 1. The van der Waals surface area contributed by atoms with Gasteiger partial charge in [-0.25, -0.2) is 0 Å². The minimum absolute atomic E-state index is 0. The van der Waals surface area contributed by atoms with Crippen LogP contribution in [-0.2, 0) is 11.3 Å². The largest absolute Gasteiger partial charge is 0.330 e. The third kappa shape index (κ3) is 6.89. The lowest BCUT2D eigenvalue weighted by atomic mass is 10.1. The van der Waals surface area contributed by atoms with Crippen molar-refractivity contribution in [2.24, 2.45) is 5.73 Å². The summed E-state index contributed by atoms with van der Waals surface area (Å²) in [7, 11) is 0. The van der Waals surface area contributed by atoms with Crippen LogP contribution in [0.5, 0.6) is 0 Å². The Bertz CT molecular complexity index is 428. The SMILES string of the molecule is Cl.Cl.NCCC(=O)Nc1ccccc1CN1CCSCC1. The monoisotopic (exact) mass is 351 g/mol. The fourth-order valence-corrected chi connectivity index (χ4v) is 3.10. The zero-order chi connectivity index (χ0) is 13.5. The van der Waals surface area contributed by atoms with Crippen LogP contribution >= 0.6 is 36.6 Å². The predicted octanol–water partition coefficient (Wildman–Crippen LogP) is 2.37. The number of amides is 1. The highest BCUT2D eigenvalue weighted by molar-refractivity contribution is 7.99. The first kappa shape index (κ1) is 20.5. The second-order valence-corrected chi connectivity index (χ2v) is 5.86. The van der Waals surface area contributed by atoms with Gasteiger partial charge in [0.05, 0.1) is 0 Å². The number of nitrogens with two attached hydrogens (primary N) is 1. The molecule has 1 saturated heterocycles. The van der Waals surface area contributed by atoms with Crippen LogP contribution in [0, 0.1) is 0 Å². The molecule has 1 aromatic carbocycles. The van der Waals surface area contributed by atoms with Gasteiger partial charge < -0.3 is 11.1 Å². The molecule has 1 amide bonds. The van der Waals surface area contributed by atoms with Gasteiger partial charge >= 0.3 is 0 Å². The summed E-state index contributed by atoms with van der Waals surface area (Å²) in [6, 6.07) is 8.02. The highest BCUT2D eigenvalue weighted by atomic mass is 35.5. The van der Waals surface area contributed by atoms with Crippen LogP contribution in [0.1, 0.15) is 12.0 Å². The molecule has 3 N–H and O–H groups in total. The molecule has 21 heavy (non-hydrogen) atoms. The summed E-state index contributed by atoms with van der Waals surface area (Å²) < 4.78 is 0. The highest BCUT2D eigenvalue weighted by Gasteiger charge is 2.13. The van der Waals surface area contributed by atoms with E-state index in [1.165, 1.54) is 17.1 Å². The van der Waals surface area contributed by atoms with Crippen molar-refractivity contribution >= 4 is 48.2 Å². The van der Waals surface area contributed by atoms with E-state index in [0.717, 1.165) is 25.3 Å². The normalized spacial score (nSPS) is 14.7. The Hall–Kier alpha value is -0.460. The summed E-state index contributed by atoms with van der Waals surface area (Å²) >= 11 is 2.01. The molecule has 7 heteroatoms. The summed E-state index contributed by atoms with van der Waals surface area (Å²) in [4.78, 5) is 14.1. The van der Waals surface area contributed by atoms with Crippen molar-refractivity contribution < 1.29 is 4.79 Å². The van der Waals surface area contributed by atoms with Gasteiger partial charge in [-0.1, -0.05) is 18.2 Å². The molecule has 4 nitrogen and oxygen atoms in total. The van der Waals surface area contributed by atoms with E-state index in [2.05, 4.69) is 16.3 Å². The number of hydrogen-bond acceptors (Lipinski definition) is 4. The van der Waals surface area contributed by atoms with E-state index >= 15 is 0 Å². The zero-order valence-electron chi connectivity index (χ0n) is 11.9. The van der Waals surface area contributed by atoms with E-state index in [-0.39, 0.29) is 30.7 Å². The van der Waals surface area contributed by atoms with Gasteiger partial charge in [0.2, 0.25) is 5.91 Å². The number of nitrogens with one attached hydrogen (secondary N) is 1. The second-order valence-electron chi connectivity index (χ2n) is 4.63. The molecule has 120 valence electrons. The number of halogens is 2. The van der Waals surface area contributed by atoms with Gasteiger partial charge in [-0.05, 0) is 11.6 Å². The molecule has 0 aromatic heterocycles. The van der Waals surface area contributed by atoms with Gasteiger partial charge in [0.15, 0.2) is 0 Å². The van der Waals surface area contributed by atoms with Gasteiger partial charge in [0.1, 0.15) is 0 Å². The summed E-state index contributed by atoms with van der Waals surface area (Å²) in [6.45, 7) is 3.53. The molecule has 2 rings (SSSR count). The number of nitrogens with zero attached hydrogens (tertiary/aromatic N) is 1. The zero-order valence-corrected chi connectivity index (χ0v) is 14.4. The van der Waals surface area contributed by atoms with Crippen molar-refractivity contribution in [1.82, 2.24) is 4.90 Å². The lowest BCUT2D eigenvalue weighted by molar-refractivity contribution is -0.116. The number of anilines is 1. The molecule has 1 aliphatic heterocycles. The van der Waals surface area contributed by atoms with Crippen LogP contribution in [0.25, 0.3) is 0 Å². The summed E-state index contributed by atoms with van der Waals surface area (Å²) in [5.41, 5.74) is 7.50. The van der Waals surface area contributed by atoms with Gasteiger partial charge in [0.25, 0.3) is 0 Å². The smallest absolute Gasteiger partial charge is 0.225 e. The average Bonchev–Trinajstić information content (AvgIpc) is 2.42. The predicted molar refractivity (Wildman–Crippen MR) is 95.8 cm³/mol. The minimum Gasteiger partial charge on any atom is -0.330 e. The summed E-state index contributed by atoms with van der Waals surface area (Å²) in [6.07, 6.45) is 0.370. The van der Waals surface area contributed by atoms with Crippen molar-refractivity contribution in [3.63, 3.8) is 0 Å². The molecule has 0 radical (unpaired) electrons. The van der Waals surface area contributed by atoms with E-state index < -0.39 is 0 Å². The summed E-state index contributed by atoms with van der Waals surface area (Å²) in [5.74, 6) is 2.38. The number of carbonyl (C=O) groups is 1. The van der Waals surface area contributed by atoms with Crippen LogP contribution in [0.4, 0.5) is 5.69 Å². The maximum atomic E-state index is 11.6. The van der Waals surface area contributed by atoms with Gasteiger partial charge in [-0.15, -0.1) is 24.8 Å². The van der Waals surface area contributed by atoms with E-state index in [4.69, 9.17) is 5.73 Å². The fourth-order valence-electron chi connectivity index (χ4n) is 2.12. The van der Waals surface area contributed by atoms with E-state index in [1.54, 1.807) is 0 Å². The lowest BCUT2D eigenvalue weighted by Gasteiger charge is -2.27. The summed E-state index contributed by atoms with van der Waals surface area (Å²) in [5, 5.41) is 2.95.